The lowest BCUT2D eigenvalue weighted by atomic mass is 9.79. The maximum atomic E-state index is 10.8. The van der Waals surface area contributed by atoms with Gasteiger partial charge in [0.15, 0.2) is 0 Å². The van der Waals surface area contributed by atoms with E-state index in [2.05, 4.69) is 9.88 Å². The monoisotopic (exact) mass is 320 g/mol. The standard InChI is InChI=1S/C18H28N2O3/c1-13-9-15(22-3)10-14(19-13)11-20-7-4-5-17(20)16-12-23-8-6-18(16,2)21/h9-10,16-17,21H,4-8,11-12H2,1-3H3/t16-,17-,18+/m1/s1. The fourth-order valence-electron chi connectivity index (χ4n) is 3.99. The maximum Gasteiger partial charge on any atom is 0.122 e. The molecule has 2 aliphatic heterocycles. The highest BCUT2D eigenvalue weighted by atomic mass is 16.5. The maximum absolute atomic E-state index is 10.8. The molecule has 5 heteroatoms. The first-order valence-corrected chi connectivity index (χ1v) is 8.55. The Morgan fingerprint density at radius 1 is 1.48 bits per heavy atom. The van der Waals surface area contributed by atoms with E-state index in [4.69, 9.17) is 9.47 Å². The van der Waals surface area contributed by atoms with Crippen molar-refractivity contribution in [1.82, 2.24) is 9.88 Å². The van der Waals surface area contributed by atoms with E-state index in [0.29, 0.717) is 19.3 Å². The first-order chi connectivity index (χ1) is 11.0. The quantitative estimate of drug-likeness (QED) is 0.921. The second-order valence-corrected chi connectivity index (χ2v) is 7.11. The topological polar surface area (TPSA) is 54.8 Å². The zero-order chi connectivity index (χ0) is 16.4. The summed E-state index contributed by atoms with van der Waals surface area (Å²) >= 11 is 0. The third-order valence-electron chi connectivity index (χ3n) is 5.31. The van der Waals surface area contributed by atoms with E-state index in [1.165, 1.54) is 6.42 Å². The van der Waals surface area contributed by atoms with Gasteiger partial charge in [-0.2, -0.15) is 0 Å². The van der Waals surface area contributed by atoms with E-state index < -0.39 is 5.60 Å². The number of hydrogen-bond donors (Lipinski definition) is 1. The summed E-state index contributed by atoms with van der Waals surface area (Å²) in [4.78, 5) is 7.10. The van der Waals surface area contributed by atoms with Crippen LogP contribution in [0.25, 0.3) is 0 Å². The van der Waals surface area contributed by atoms with Gasteiger partial charge in [0, 0.05) is 42.9 Å². The van der Waals surface area contributed by atoms with Crippen molar-refractivity contribution in [2.75, 3.05) is 26.9 Å². The minimum Gasteiger partial charge on any atom is -0.497 e. The Morgan fingerprint density at radius 3 is 3.04 bits per heavy atom. The summed E-state index contributed by atoms with van der Waals surface area (Å²) in [6, 6.07) is 4.32. The summed E-state index contributed by atoms with van der Waals surface area (Å²) in [6.45, 7) is 7.12. The molecule has 0 bridgehead atoms. The van der Waals surface area contributed by atoms with Crippen LogP contribution < -0.4 is 4.74 Å². The molecule has 1 N–H and O–H groups in total. The van der Waals surface area contributed by atoms with Crippen molar-refractivity contribution in [1.29, 1.82) is 0 Å². The van der Waals surface area contributed by atoms with Crippen molar-refractivity contribution in [3.8, 4) is 5.75 Å². The smallest absolute Gasteiger partial charge is 0.122 e. The molecule has 2 aliphatic rings. The van der Waals surface area contributed by atoms with E-state index in [0.717, 1.165) is 43.1 Å². The summed E-state index contributed by atoms with van der Waals surface area (Å²) < 4.78 is 11.0. The summed E-state index contributed by atoms with van der Waals surface area (Å²) in [5.74, 6) is 1.03. The Kier molecular flexibility index (Phi) is 4.90. The molecule has 23 heavy (non-hydrogen) atoms. The Labute approximate surface area is 138 Å². The Hall–Kier alpha value is -1.17. The number of aryl methyl sites for hydroxylation is 1. The highest BCUT2D eigenvalue weighted by molar-refractivity contribution is 5.26. The molecule has 0 spiro atoms. The van der Waals surface area contributed by atoms with Crippen LogP contribution >= 0.6 is 0 Å². The zero-order valence-corrected chi connectivity index (χ0v) is 14.4. The van der Waals surface area contributed by atoms with Crippen molar-refractivity contribution in [2.24, 2.45) is 5.92 Å². The second-order valence-electron chi connectivity index (χ2n) is 7.11. The molecule has 1 aromatic heterocycles. The SMILES string of the molecule is COc1cc(C)nc(CN2CCC[C@@H]2[C@H]2COCC[C@]2(C)O)c1. The molecule has 5 nitrogen and oxygen atoms in total. The number of methoxy groups -OCH3 is 1. The molecule has 128 valence electrons. The summed E-state index contributed by atoms with van der Waals surface area (Å²) in [5, 5.41) is 10.8. The second kappa shape index (κ2) is 6.75. The van der Waals surface area contributed by atoms with Crippen molar-refractivity contribution < 1.29 is 14.6 Å². The van der Waals surface area contributed by atoms with Gasteiger partial charge >= 0.3 is 0 Å². The van der Waals surface area contributed by atoms with Crippen molar-refractivity contribution >= 4 is 0 Å². The van der Waals surface area contributed by atoms with Crippen LogP contribution in [0.2, 0.25) is 0 Å². The van der Waals surface area contributed by atoms with Gasteiger partial charge in [0.25, 0.3) is 0 Å². The van der Waals surface area contributed by atoms with Gasteiger partial charge in [0.05, 0.1) is 25.0 Å². The van der Waals surface area contributed by atoms with Crippen LogP contribution in [0.4, 0.5) is 0 Å². The van der Waals surface area contributed by atoms with Gasteiger partial charge in [0.1, 0.15) is 5.75 Å². The first-order valence-electron chi connectivity index (χ1n) is 8.55. The number of ether oxygens (including phenoxy) is 2. The van der Waals surface area contributed by atoms with Gasteiger partial charge in [-0.3, -0.25) is 9.88 Å². The van der Waals surface area contributed by atoms with Crippen LogP contribution in [0.3, 0.4) is 0 Å². The molecule has 0 saturated carbocycles. The molecular weight excluding hydrogens is 292 g/mol. The van der Waals surface area contributed by atoms with Crippen LogP contribution in [-0.4, -0.2) is 53.5 Å². The van der Waals surface area contributed by atoms with Gasteiger partial charge in [-0.15, -0.1) is 0 Å². The zero-order valence-electron chi connectivity index (χ0n) is 14.4. The Bertz CT molecular complexity index is 547. The molecular formula is C18H28N2O3. The average molecular weight is 320 g/mol. The minimum atomic E-state index is -0.636. The summed E-state index contributed by atoms with van der Waals surface area (Å²) in [7, 11) is 1.69. The predicted octanol–water partition coefficient (Wildman–Crippen LogP) is 2.15. The van der Waals surface area contributed by atoms with E-state index in [-0.39, 0.29) is 5.92 Å². The molecule has 0 radical (unpaired) electrons. The van der Waals surface area contributed by atoms with E-state index in [1.54, 1.807) is 7.11 Å². The molecule has 3 atom stereocenters. The first kappa shape index (κ1) is 16.7. The van der Waals surface area contributed by atoms with Crippen LogP contribution in [0.1, 0.15) is 37.6 Å². The fraction of sp³-hybridized carbons (Fsp3) is 0.722. The van der Waals surface area contributed by atoms with Crippen molar-refractivity contribution in [2.45, 2.75) is 51.3 Å². The fourth-order valence-corrected chi connectivity index (χ4v) is 3.99. The lowest BCUT2D eigenvalue weighted by Crippen LogP contribution is -2.52. The minimum absolute atomic E-state index is 0.172. The molecule has 0 aromatic carbocycles. The molecule has 1 aromatic rings. The molecule has 3 rings (SSSR count). The van der Waals surface area contributed by atoms with Gasteiger partial charge in [0.2, 0.25) is 0 Å². The van der Waals surface area contributed by atoms with E-state index in [9.17, 15) is 5.11 Å². The highest BCUT2D eigenvalue weighted by Gasteiger charge is 2.44. The number of aromatic nitrogens is 1. The molecule has 3 heterocycles. The number of rotatable bonds is 4. The Balaban J connectivity index is 1.75. The molecule has 0 unspecified atom stereocenters. The third kappa shape index (κ3) is 3.67. The predicted molar refractivity (Wildman–Crippen MR) is 88.5 cm³/mol. The van der Waals surface area contributed by atoms with Crippen molar-refractivity contribution in [3.05, 3.63) is 23.5 Å². The summed E-state index contributed by atoms with van der Waals surface area (Å²) in [6.07, 6.45) is 3.01. The van der Waals surface area contributed by atoms with E-state index in [1.807, 2.05) is 26.0 Å². The molecule has 2 fully saturated rings. The summed E-state index contributed by atoms with van der Waals surface area (Å²) in [5.41, 5.74) is 1.37. The van der Waals surface area contributed by atoms with Gasteiger partial charge in [-0.25, -0.2) is 0 Å². The highest BCUT2D eigenvalue weighted by Crippen LogP contribution is 2.36. The van der Waals surface area contributed by atoms with Crippen LogP contribution in [-0.2, 0) is 11.3 Å². The van der Waals surface area contributed by atoms with Gasteiger partial charge in [-0.05, 0) is 39.7 Å². The number of likely N-dealkylation sites (tertiary alicyclic amines) is 1. The average Bonchev–Trinajstić information content (AvgIpc) is 2.94. The normalized spacial score (nSPS) is 32.2. The number of pyridine rings is 1. The lowest BCUT2D eigenvalue weighted by Gasteiger charge is -2.43. The number of aliphatic hydroxyl groups is 1. The molecule has 0 aliphatic carbocycles. The van der Waals surface area contributed by atoms with Crippen LogP contribution in [0, 0.1) is 12.8 Å². The van der Waals surface area contributed by atoms with Crippen molar-refractivity contribution in [3.63, 3.8) is 0 Å². The number of nitrogens with zero attached hydrogens (tertiary/aromatic N) is 2. The largest absolute Gasteiger partial charge is 0.497 e. The van der Waals surface area contributed by atoms with Gasteiger partial charge < -0.3 is 14.6 Å². The number of hydrogen-bond acceptors (Lipinski definition) is 5. The molecule has 0 amide bonds. The molecule has 2 saturated heterocycles. The van der Waals surface area contributed by atoms with Crippen LogP contribution in [0.5, 0.6) is 5.75 Å². The Morgan fingerprint density at radius 2 is 2.30 bits per heavy atom. The third-order valence-corrected chi connectivity index (χ3v) is 5.31. The van der Waals surface area contributed by atoms with Gasteiger partial charge in [-0.1, -0.05) is 0 Å². The van der Waals surface area contributed by atoms with Crippen LogP contribution in [0.15, 0.2) is 12.1 Å². The lowest BCUT2D eigenvalue weighted by molar-refractivity contribution is -0.123. The van der Waals surface area contributed by atoms with E-state index >= 15 is 0 Å².